The molecule has 1 aliphatic rings. The summed E-state index contributed by atoms with van der Waals surface area (Å²) in [7, 11) is 2.12. The number of aliphatic hydroxyl groups excluding tert-OH is 1. The van der Waals surface area contributed by atoms with Crippen molar-refractivity contribution in [2.75, 3.05) is 38.6 Å². The van der Waals surface area contributed by atoms with E-state index in [-0.39, 0.29) is 30.6 Å². The number of likely N-dealkylation sites (tertiary alicyclic amines) is 1. The molecule has 2 aromatic carbocycles. The maximum atomic E-state index is 12.9. The number of aromatic hydroxyl groups is 1. The van der Waals surface area contributed by atoms with E-state index in [4.69, 9.17) is 9.72 Å². The van der Waals surface area contributed by atoms with Crippen LogP contribution in [0.15, 0.2) is 59.7 Å². The molecular formula is C31H36N6O4. The molecule has 1 atom stereocenters. The van der Waals surface area contributed by atoms with Gasteiger partial charge < -0.3 is 39.7 Å². The van der Waals surface area contributed by atoms with Crippen molar-refractivity contribution >= 4 is 27.5 Å². The van der Waals surface area contributed by atoms with Crippen LogP contribution in [0.1, 0.15) is 31.4 Å². The van der Waals surface area contributed by atoms with Crippen LogP contribution in [-0.4, -0.2) is 74.0 Å². The molecule has 0 unspecified atom stereocenters. The summed E-state index contributed by atoms with van der Waals surface area (Å²) in [5.74, 6) is 1.41. The molecule has 5 aromatic rings. The second-order valence-electron chi connectivity index (χ2n) is 10.8. The van der Waals surface area contributed by atoms with Gasteiger partial charge in [0.05, 0.1) is 16.7 Å². The summed E-state index contributed by atoms with van der Waals surface area (Å²) in [4.78, 5) is 26.0. The molecule has 10 heteroatoms. The minimum Gasteiger partial charge on any atom is -0.494 e. The second kappa shape index (κ2) is 11.3. The number of fused-ring (bicyclic) bond motifs is 2. The van der Waals surface area contributed by atoms with Crippen molar-refractivity contribution in [3.8, 4) is 23.0 Å². The number of aromatic amines is 2. The van der Waals surface area contributed by atoms with Gasteiger partial charge in [0.25, 0.3) is 5.56 Å². The number of piperidine rings is 1. The zero-order valence-electron chi connectivity index (χ0n) is 23.4. The number of anilines is 1. The average Bonchev–Trinajstić information content (AvgIpc) is 3.54. The lowest BCUT2D eigenvalue weighted by Crippen LogP contribution is -2.31. The van der Waals surface area contributed by atoms with Crippen LogP contribution in [-0.2, 0) is 6.42 Å². The fourth-order valence-electron chi connectivity index (χ4n) is 5.66. The number of H-pyrrole nitrogens is 2. The molecule has 1 saturated heterocycles. The van der Waals surface area contributed by atoms with Crippen LogP contribution in [0.3, 0.4) is 0 Å². The molecule has 5 N–H and O–H groups in total. The second-order valence-corrected chi connectivity index (χ2v) is 10.8. The van der Waals surface area contributed by atoms with E-state index in [0.717, 1.165) is 60.0 Å². The van der Waals surface area contributed by atoms with Gasteiger partial charge in [-0.15, -0.1) is 0 Å². The minimum absolute atomic E-state index is 0.115. The number of benzene rings is 2. The third kappa shape index (κ3) is 5.40. The van der Waals surface area contributed by atoms with Crippen molar-refractivity contribution < 1.29 is 14.9 Å². The van der Waals surface area contributed by atoms with Gasteiger partial charge >= 0.3 is 0 Å². The molecule has 0 spiro atoms. The minimum atomic E-state index is -0.799. The number of rotatable bonds is 9. The number of pyridine rings is 1. The Balaban J connectivity index is 1.22. The molecule has 6 rings (SSSR count). The molecule has 0 saturated carbocycles. The molecule has 10 nitrogen and oxygen atoms in total. The van der Waals surface area contributed by atoms with E-state index in [9.17, 15) is 15.0 Å². The van der Waals surface area contributed by atoms with Crippen molar-refractivity contribution in [1.82, 2.24) is 24.4 Å². The smallest absolute Gasteiger partial charge is 0.261 e. The Hall–Kier alpha value is -4.28. The molecule has 1 aliphatic heterocycles. The van der Waals surface area contributed by atoms with Crippen LogP contribution < -0.4 is 15.6 Å². The molecule has 4 heterocycles. The number of nitrogens with one attached hydrogen (secondary N) is 3. The molecule has 0 aliphatic carbocycles. The Kier molecular flexibility index (Phi) is 7.42. The molecule has 214 valence electrons. The average molecular weight is 557 g/mol. The molecule has 41 heavy (non-hydrogen) atoms. The van der Waals surface area contributed by atoms with E-state index >= 15 is 0 Å². The Labute approximate surface area is 237 Å². The van der Waals surface area contributed by atoms with Gasteiger partial charge in [0.1, 0.15) is 29.8 Å². The number of imidazole rings is 1. The summed E-state index contributed by atoms with van der Waals surface area (Å²) < 4.78 is 7.83. The first-order valence-electron chi connectivity index (χ1n) is 14.2. The number of aryl methyl sites for hydroxylation is 1. The topological polar surface area (TPSA) is 131 Å². The number of para-hydroxylation sites is 1. The predicted molar refractivity (Wildman–Crippen MR) is 161 cm³/mol. The summed E-state index contributed by atoms with van der Waals surface area (Å²) in [6, 6.07) is 13.6. The predicted octanol–water partition coefficient (Wildman–Crippen LogP) is 4.26. The first-order valence-corrected chi connectivity index (χ1v) is 14.2. The fourth-order valence-corrected chi connectivity index (χ4v) is 5.66. The van der Waals surface area contributed by atoms with E-state index in [0.29, 0.717) is 22.6 Å². The third-order valence-corrected chi connectivity index (χ3v) is 8.01. The number of hydrogen-bond donors (Lipinski definition) is 5. The summed E-state index contributed by atoms with van der Waals surface area (Å²) >= 11 is 0. The molecule has 0 bridgehead atoms. The number of aromatic nitrogens is 4. The van der Waals surface area contributed by atoms with Crippen LogP contribution in [0.4, 0.5) is 5.69 Å². The highest BCUT2D eigenvalue weighted by molar-refractivity contribution is 5.99. The maximum Gasteiger partial charge on any atom is 0.261 e. The van der Waals surface area contributed by atoms with E-state index in [1.807, 2.05) is 47.2 Å². The summed E-state index contributed by atoms with van der Waals surface area (Å²) in [5, 5.41) is 26.5. The zero-order valence-corrected chi connectivity index (χ0v) is 23.4. The van der Waals surface area contributed by atoms with E-state index in [1.54, 1.807) is 12.3 Å². The highest BCUT2D eigenvalue weighted by Gasteiger charge is 2.23. The Morgan fingerprint density at radius 2 is 2.00 bits per heavy atom. The Morgan fingerprint density at radius 1 is 1.20 bits per heavy atom. The van der Waals surface area contributed by atoms with Crippen molar-refractivity contribution in [1.29, 1.82) is 0 Å². The first kappa shape index (κ1) is 26.9. The number of aliphatic hydroxyl groups is 1. The lowest BCUT2D eigenvalue weighted by Gasteiger charge is -2.30. The maximum absolute atomic E-state index is 12.9. The van der Waals surface area contributed by atoms with Crippen LogP contribution >= 0.6 is 0 Å². The van der Waals surface area contributed by atoms with Gasteiger partial charge in [-0.05, 0) is 69.2 Å². The fraction of sp³-hybridized carbons (Fsp3) is 0.355. The summed E-state index contributed by atoms with van der Waals surface area (Å²) in [5.41, 5.74) is 3.09. The number of hydrogen-bond acceptors (Lipinski definition) is 7. The molecule has 0 radical (unpaired) electrons. The van der Waals surface area contributed by atoms with Gasteiger partial charge in [-0.2, -0.15) is 0 Å². The SMILES string of the molecule is CCc1ccccc1OC[C@H](O)CNc1cc[nH]c(=O)c1-c1nc2cc3c(O)n(C4CCN(C)CC4)cc3cc2[nH]1. The number of ether oxygens (including phenoxy) is 1. The van der Waals surface area contributed by atoms with Gasteiger partial charge in [0.15, 0.2) is 5.88 Å². The van der Waals surface area contributed by atoms with Gasteiger partial charge in [-0.3, -0.25) is 4.79 Å². The first-order chi connectivity index (χ1) is 19.9. The third-order valence-electron chi connectivity index (χ3n) is 8.01. The lowest BCUT2D eigenvalue weighted by atomic mass is 10.1. The highest BCUT2D eigenvalue weighted by Crippen LogP contribution is 2.36. The van der Waals surface area contributed by atoms with E-state index in [1.165, 1.54) is 0 Å². The van der Waals surface area contributed by atoms with Crippen LogP contribution in [0, 0.1) is 0 Å². The molecular weight excluding hydrogens is 520 g/mol. The molecule has 1 fully saturated rings. The lowest BCUT2D eigenvalue weighted by molar-refractivity contribution is 0.117. The summed E-state index contributed by atoms with van der Waals surface area (Å²) in [6.45, 7) is 4.37. The van der Waals surface area contributed by atoms with Crippen LogP contribution in [0.5, 0.6) is 11.6 Å². The quantitative estimate of drug-likeness (QED) is 0.183. The van der Waals surface area contributed by atoms with Crippen molar-refractivity contribution in [2.45, 2.75) is 38.3 Å². The van der Waals surface area contributed by atoms with E-state index in [2.05, 4.69) is 34.2 Å². The van der Waals surface area contributed by atoms with Gasteiger partial charge in [0.2, 0.25) is 0 Å². The van der Waals surface area contributed by atoms with Crippen LogP contribution in [0.2, 0.25) is 0 Å². The van der Waals surface area contributed by atoms with Crippen molar-refractivity contribution in [2.24, 2.45) is 0 Å². The molecule has 0 amide bonds. The number of nitrogens with zero attached hydrogens (tertiary/aromatic N) is 3. The highest BCUT2D eigenvalue weighted by atomic mass is 16.5. The monoisotopic (exact) mass is 556 g/mol. The Bertz CT molecular complexity index is 1730. The van der Waals surface area contributed by atoms with Gasteiger partial charge in [-0.25, -0.2) is 4.98 Å². The van der Waals surface area contributed by atoms with Crippen LogP contribution in [0.25, 0.3) is 33.2 Å². The standard InChI is InChI=1S/C31H36N6O4/c1-3-19-6-4-5-7-27(19)41-18-22(38)16-33-24-8-11-32-30(39)28(24)29-34-25-14-20-17-37(21-9-12-36(2)13-10-21)31(40)23(20)15-26(25)35-29/h4-8,11,14-15,17,21-22,38,40H,3,9-10,12-13,16,18H2,1-2H3,(H,34,35)(H2,32,33,39)/t22-/m1/s1. The van der Waals surface area contributed by atoms with Gasteiger partial charge in [0, 0.05) is 35.8 Å². The molecule has 3 aromatic heterocycles. The van der Waals surface area contributed by atoms with E-state index < -0.39 is 6.10 Å². The summed E-state index contributed by atoms with van der Waals surface area (Å²) in [6.07, 6.45) is 5.59. The largest absolute Gasteiger partial charge is 0.494 e. The van der Waals surface area contributed by atoms with Crippen molar-refractivity contribution in [3.63, 3.8) is 0 Å². The van der Waals surface area contributed by atoms with Crippen molar-refractivity contribution in [3.05, 3.63) is 70.8 Å². The Morgan fingerprint density at radius 3 is 2.80 bits per heavy atom. The van der Waals surface area contributed by atoms with Gasteiger partial charge in [-0.1, -0.05) is 25.1 Å². The normalized spacial score (nSPS) is 15.5. The zero-order chi connectivity index (χ0) is 28.5.